The lowest BCUT2D eigenvalue weighted by molar-refractivity contribution is -0.121. The number of sulfonamides is 1. The molecule has 1 amide bonds. The Morgan fingerprint density at radius 1 is 1.27 bits per heavy atom. The first-order chi connectivity index (χ1) is 14.3. The van der Waals surface area contributed by atoms with Crippen molar-refractivity contribution in [3.8, 4) is 0 Å². The van der Waals surface area contributed by atoms with Crippen molar-refractivity contribution in [1.29, 1.82) is 0 Å². The van der Waals surface area contributed by atoms with Crippen LogP contribution in [0.15, 0.2) is 44.8 Å². The number of amides is 1. The lowest BCUT2D eigenvalue weighted by Crippen LogP contribution is -2.46. The molecule has 10 nitrogen and oxygen atoms in total. The maximum atomic E-state index is 13.0. The first-order valence-corrected chi connectivity index (χ1v) is 10.9. The van der Waals surface area contributed by atoms with Gasteiger partial charge in [-0.1, -0.05) is 17.3 Å². The van der Waals surface area contributed by atoms with E-state index in [4.69, 9.17) is 4.52 Å². The van der Waals surface area contributed by atoms with Gasteiger partial charge in [0.1, 0.15) is 16.9 Å². The molecular formula is C19H21N5O5S. The maximum absolute atomic E-state index is 13.0. The number of carbonyl (C=O) groups is 1. The van der Waals surface area contributed by atoms with Crippen LogP contribution >= 0.6 is 0 Å². The summed E-state index contributed by atoms with van der Waals surface area (Å²) >= 11 is 0. The minimum absolute atomic E-state index is 0.00792. The average Bonchev–Trinajstić information content (AvgIpc) is 3.09. The summed E-state index contributed by atoms with van der Waals surface area (Å²) in [5, 5.41) is 4.10. The highest BCUT2D eigenvalue weighted by molar-refractivity contribution is 7.89. The van der Waals surface area contributed by atoms with Crippen LogP contribution in [0.4, 0.5) is 0 Å². The molecular weight excluding hydrogens is 410 g/mol. The first-order valence-electron chi connectivity index (χ1n) is 9.49. The number of fused-ring (bicyclic) bond motifs is 1. The third-order valence-corrected chi connectivity index (χ3v) is 7.33. The van der Waals surface area contributed by atoms with Crippen molar-refractivity contribution in [2.45, 2.75) is 31.6 Å². The molecule has 0 bridgehead atoms. The predicted octanol–water partition coefficient (Wildman–Crippen LogP) is 1.17. The van der Waals surface area contributed by atoms with E-state index < -0.39 is 27.4 Å². The molecule has 4 rings (SSSR count). The molecule has 158 valence electrons. The third kappa shape index (κ3) is 3.50. The fourth-order valence-electron chi connectivity index (χ4n) is 3.71. The number of aromatic nitrogens is 3. The second kappa shape index (κ2) is 7.65. The molecule has 1 aromatic carbocycles. The van der Waals surface area contributed by atoms with E-state index in [0.29, 0.717) is 30.3 Å². The second-order valence-electron chi connectivity index (χ2n) is 7.27. The summed E-state index contributed by atoms with van der Waals surface area (Å²) in [5.41, 5.74) is 2.97. The Kier molecular flexibility index (Phi) is 5.16. The van der Waals surface area contributed by atoms with Gasteiger partial charge in [0.2, 0.25) is 15.9 Å². The van der Waals surface area contributed by atoms with Crippen molar-refractivity contribution in [2.24, 2.45) is 5.92 Å². The van der Waals surface area contributed by atoms with Gasteiger partial charge in [-0.25, -0.2) is 18.1 Å². The van der Waals surface area contributed by atoms with Crippen molar-refractivity contribution >= 4 is 26.8 Å². The van der Waals surface area contributed by atoms with Crippen LogP contribution in [-0.4, -0.2) is 46.5 Å². The van der Waals surface area contributed by atoms with Crippen LogP contribution in [0.3, 0.4) is 0 Å². The molecule has 1 fully saturated rings. The van der Waals surface area contributed by atoms with Crippen LogP contribution in [0.5, 0.6) is 0 Å². The van der Waals surface area contributed by atoms with Crippen LogP contribution in [0.1, 0.15) is 24.3 Å². The predicted molar refractivity (Wildman–Crippen MR) is 108 cm³/mol. The number of hydrogen-bond acceptors (Lipinski definition) is 7. The zero-order valence-corrected chi connectivity index (χ0v) is 17.3. The molecule has 1 aliphatic heterocycles. The Balaban J connectivity index is 1.55. The summed E-state index contributed by atoms with van der Waals surface area (Å²) in [7, 11) is -3.84. The number of carbonyl (C=O) groups excluding carboxylic acids is 1. The molecule has 30 heavy (non-hydrogen) atoms. The molecule has 1 saturated heterocycles. The Bertz CT molecular complexity index is 1260. The molecule has 0 aliphatic carbocycles. The van der Waals surface area contributed by atoms with E-state index in [1.54, 1.807) is 38.1 Å². The van der Waals surface area contributed by atoms with Gasteiger partial charge in [-0.05, 0) is 38.8 Å². The molecule has 3 heterocycles. The number of benzene rings is 1. The molecule has 0 radical (unpaired) electrons. The van der Waals surface area contributed by atoms with Gasteiger partial charge in [-0.2, -0.15) is 4.31 Å². The van der Waals surface area contributed by atoms with Crippen molar-refractivity contribution in [3.05, 3.63) is 52.4 Å². The van der Waals surface area contributed by atoms with Gasteiger partial charge in [0.15, 0.2) is 5.76 Å². The molecule has 1 atom stereocenters. The molecule has 1 aliphatic rings. The van der Waals surface area contributed by atoms with Crippen molar-refractivity contribution < 1.29 is 17.7 Å². The van der Waals surface area contributed by atoms with Crippen LogP contribution in [0.25, 0.3) is 10.9 Å². The Labute approximate surface area is 172 Å². The van der Waals surface area contributed by atoms with E-state index in [1.165, 1.54) is 10.6 Å². The zero-order valence-electron chi connectivity index (χ0n) is 16.5. The Morgan fingerprint density at radius 3 is 2.77 bits per heavy atom. The van der Waals surface area contributed by atoms with Gasteiger partial charge in [0.25, 0.3) is 5.56 Å². The highest BCUT2D eigenvalue weighted by atomic mass is 32.2. The average molecular weight is 431 g/mol. The summed E-state index contributed by atoms with van der Waals surface area (Å²) in [6.45, 7) is 3.42. The lowest BCUT2D eigenvalue weighted by atomic mass is 9.99. The molecule has 0 spiro atoms. The third-order valence-electron chi connectivity index (χ3n) is 5.22. The summed E-state index contributed by atoms with van der Waals surface area (Å²) in [6.07, 6.45) is 2.28. The van der Waals surface area contributed by atoms with Gasteiger partial charge in [0.05, 0.1) is 16.8 Å². The van der Waals surface area contributed by atoms with E-state index in [-0.39, 0.29) is 22.9 Å². The van der Waals surface area contributed by atoms with Gasteiger partial charge in [0, 0.05) is 13.1 Å². The van der Waals surface area contributed by atoms with E-state index >= 15 is 0 Å². The number of hydrogen-bond donors (Lipinski definition) is 1. The summed E-state index contributed by atoms with van der Waals surface area (Å²) in [6, 6.07) is 6.83. The largest absolute Gasteiger partial charge is 0.360 e. The van der Waals surface area contributed by atoms with Gasteiger partial charge >= 0.3 is 0 Å². The van der Waals surface area contributed by atoms with Crippen molar-refractivity contribution in [1.82, 2.24) is 19.1 Å². The number of aryl methyl sites for hydroxylation is 2. The molecule has 0 saturated carbocycles. The molecule has 1 N–H and O–H groups in total. The summed E-state index contributed by atoms with van der Waals surface area (Å²) < 4.78 is 33.4. The van der Waals surface area contributed by atoms with Crippen molar-refractivity contribution in [3.63, 3.8) is 0 Å². The molecule has 0 unspecified atom stereocenters. The maximum Gasteiger partial charge on any atom is 0.280 e. The van der Waals surface area contributed by atoms with Crippen LogP contribution < -0.4 is 11.0 Å². The van der Waals surface area contributed by atoms with Crippen molar-refractivity contribution in [2.75, 3.05) is 18.5 Å². The molecule has 3 aromatic rings. The smallest absolute Gasteiger partial charge is 0.280 e. The number of nitrogens with one attached hydrogen (secondary N) is 1. The molecule has 11 heteroatoms. The van der Waals surface area contributed by atoms with Crippen LogP contribution in [-0.2, 0) is 14.8 Å². The number of para-hydroxylation sites is 1. The van der Waals surface area contributed by atoms with E-state index in [1.807, 2.05) is 0 Å². The van der Waals surface area contributed by atoms with Gasteiger partial charge in [-0.3, -0.25) is 15.0 Å². The fourth-order valence-corrected chi connectivity index (χ4v) is 5.52. The van der Waals surface area contributed by atoms with E-state index in [2.05, 4.69) is 15.6 Å². The minimum atomic E-state index is -3.84. The zero-order chi connectivity index (χ0) is 21.5. The summed E-state index contributed by atoms with van der Waals surface area (Å²) in [4.78, 5) is 29.6. The standard InChI is InChI=1S/C19H21N5O5S/c1-12-17(13(2)29-22-12)30(27,28)23-9-5-6-14(10-23)18(25)21-24-11-20-16-8-4-3-7-15(16)19(24)26/h3-4,7-8,11,14H,5-6,9-10H2,1-2H3,(H,21,25)/t14-/m0/s1. The first kappa shape index (κ1) is 20.2. The van der Waals surface area contributed by atoms with Gasteiger partial charge < -0.3 is 4.52 Å². The lowest BCUT2D eigenvalue weighted by Gasteiger charge is -2.31. The highest BCUT2D eigenvalue weighted by Gasteiger charge is 2.36. The second-order valence-corrected chi connectivity index (χ2v) is 9.14. The van der Waals surface area contributed by atoms with E-state index in [0.717, 1.165) is 4.68 Å². The highest BCUT2D eigenvalue weighted by Crippen LogP contribution is 2.27. The fraction of sp³-hybridized carbons (Fsp3) is 0.368. The topological polar surface area (TPSA) is 127 Å². The minimum Gasteiger partial charge on any atom is -0.360 e. The number of rotatable bonds is 4. The number of nitrogens with zero attached hydrogens (tertiary/aromatic N) is 4. The Morgan fingerprint density at radius 2 is 2.03 bits per heavy atom. The molecule has 2 aromatic heterocycles. The monoisotopic (exact) mass is 431 g/mol. The van der Waals surface area contributed by atoms with Crippen LogP contribution in [0.2, 0.25) is 0 Å². The SMILES string of the molecule is Cc1noc(C)c1S(=O)(=O)N1CCC[C@H](C(=O)Nn2cnc3ccccc3c2=O)C1. The quantitative estimate of drug-likeness (QED) is 0.657. The normalized spacial score (nSPS) is 17.9. The van der Waals surface area contributed by atoms with Crippen LogP contribution in [0, 0.1) is 19.8 Å². The van der Waals surface area contributed by atoms with Gasteiger partial charge in [-0.15, -0.1) is 0 Å². The Hall–Kier alpha value is -3.05. The number of piperidine rings is 1. The summed E-state index contributed by atoms with van der Waals surface area (Å²) in [5.74, 6) is -0.826. The van der Waals surface area contributed by atoms with E-state index in [9.17, 15) is 18.0 Å².